The van der Waals surface area contributed by atoms with E-state index in [1.807, 2.05) is 36.0 Å². The van der Waals surface area contributed by atoms with Crippen molar-refractivity contribution in [2.75, 3.05) is 25.2 Å². The summed E-state index contributed by atoms with van der Waals surface area (Å²) in [5.74, 6) is 3.08. The van der Waals surface area contributed by atoms with Crippen LogP contribution in [0.5, 0.6) is 5.75 Å². The highest BCUT2D eigenvalue weighted by Gasteiger charge is 2.20. The van der Waals surface area contributed by atoms with Crippen LogP contribution in [0.3, 0.4) is 0 Å². The van der Waals surface area contributed by atoms with Gasteiger partial charge in [-0.2, -0.15) is 11.8 Å². The molecule has 2 rings (SSSR count). The summed E-state index contributed by atoms with van der Waals surface area (Å²) >= 11 is 1.91. The lowest BCUT2D eigenvalue weighted by atomic mass is 10.0. The van der Waals surface area contributed by atoms with Crippen molar-refractivity contribution in [3.05, 3.63) is 29.8 Å². The molecule has 21 heavy (non-hydrogen) atoms. The Kier molecular flexibility index (Phi) is 6.39. The summed E-state index contributed by atoms with van der Waals surface area (Å²) in [5.41, 5.74) is 1.04. The van der Waals surface area contributed by atoms with Gasteiger partial charge in [0.25, 0.3) is 0 Å². The van der Waals surface area contributed by atoms with E-state index in [4.69, 9.17) is 4.74 Å². The SMILES string of the molecule is CCC(NC(=O)CC1CSCCN1)c1ccccc1OC. The third-order valence-corrected chi connectivity index (χ3v) is 4.82. The zero-order valence-corrected chi connectivity index (χ0v) is 13.5. The molecule has 1 aromatic carbocycles. The maximum Gasteiger partial charge on any atom is 0.222 e. The van der Waals surface area contributed by atoms with Gasteiger partial charge in [-0.3, -0.25) is 4.79 Å². The molecule has 4 nitrogen and oxygen atoms in total. The standard InChI is InChI=1S/C16H24N2O2S/c1-3-14(13-6-4-5-7-15(13)20-2)18-16(19)10-12-11-21-9-8-17-12/h4-7,12,14,17H,3,8-11H2,1-2H3,(H,18,19). The van der Waals surface area contributed by atoms with Crippen LogP contribution in [0.1, 0.15) is 31.4 Å². The van der Waals surface area contributed by atoms with Gasteiger partial charge < -0.3 is 15.4 Å². The van der Waals surface area contributed by atoms with Crippen molar-refractivity contribution in [2.24, 2.45) is 0 Å². The average Bonchev–Trinajstić information content (AvgIpc) is 2.53. The van der Waals surface area contributed by atoms with Gasteiger partial charge in [0.1, 0.15) is 5.75 Å². The number of para-hydroxylation sites is 1. The fourth-order valence-corrected chi connectivity index (χ4v) is 3.53. The Hall–Kier alpha value is -1.20. The highest BCUT2D eigenvalue weighted by atomic mass is 32.2. The Morgan fingerprint density at radius 2 is 2.33 bits per heavy atom. The molecule has 1 heterocycles. The lowest BCUT2D eigenvalue weighted by molar-refractivity contribution is -0.122. The normalized spacial score (nSPS) is 19.8. The molecule has 0 saturated carbocycles. The van der Waals surface area contributed by atoms with Crippen molar-refractivity contribution >= 4 is 17.7 Å². The molecular weight excluding hydrogens is 284 g/mol. The Morgan fingerprint density at radius 1 is 1.52 bits per heavy atom. The fraction of sp³-hybridized carbons (Fsp3) is 0.562. The van der Waals surface area contributed by atoms with Crippen LogP contribution in [0, 0.1) is 0 Å². The monoisotopic (exact) mass is 308 g/mol. The zero-order valence-electron chi connectivity index (χ0n) is 12.7. The van der Waals surface area contributed by atoms with Crippen molar-refractivity contribution < 1.29 is 9.53 Å². The van der Waals surface area contributed by atoms with Gasteiger partial charge in [0, 0.05) is 36.1 Å². The molecule has 2 unspecified atom stereocenters. The molecule has 1 fully saturated rings. The highest BCUT2D eigenvalue weighted by Crippen LogP contribution is 2.27. The second-order valence-electron chi connectivity index (χ2n) is 5.20. The minimum atomic E-state index is 0.00453. The first-order valence-electron chi connectivity index (χ1n) is 7.48. The van der Waals surface area contributed by atoms with Gasteiger partial charge in [0.15, 0.2) is 0 Å². The minimum absolute atomic E-state index is 0.00453. The summed E-state index contributed by atoms with van der Waals surface area (Å²) in [6.07, 6.45) is 1.39. The number of thioether (sulfide) groups is 1. The maximum absolute atomic E-state index is 12.3. The van der Waals surface area contributed by atoms with Crippen molar-refractivity contribution in [3.8, 4) is 5.75 Å². The molecule has 1 aromatic rings. The van der Waals surface area contributed by atoms with Crippen molar-refractivity contribution in [2.45, 2.75) is 31.8 Å². The Bertz CT molecular complexity index is 461. The number of hydrogen-bond acceptors (Lipinski definition) is 4. The predicted octanol–water partition coefficient (Wildman–Crippen LogP) is 2.36. The third kappa shape index (κ3) is 4.64. The smallest absolute Gasteiger partial charge is 0.222 e. The molecule has 1 aliphatic rings. The maximum atomic E-state index is 12.3. The topological polar surface area (TPSA) is 50.4 Å². The summed E-state index contributed by atoms with van der Waals surface area (Å²) in [5, 5.41) is 6.53. The van der Waals surface area contributed by atoms with Crippen LogP contribution in [-0.4, -0.2) is 37.1 Å². The molecule has 5 heteroatoms. The van der Waals surface area contributed by atoms with Gasteiger partial charge in [0.2, 0.25) is 5.91 Å². The second kappa shape index (κ2) is 8.29. The molecule has 0 radical (unpaired) electrons. The molecule has 1 aliphatic heterocycles. The van der Waals surface area contributed by atoms with Gasteiger partial charge in [-0.25, -0.2) is 0 Å². The third-order valence-electron chi connectivity index (χ3n) is 3.69. The van der Waals surface area contributed by atoms with E-state index in [1.165, 1.54) is 0 Å². The molecule has 0 bridgehead atoms. The molecule has 2 atom stereocenters. The first-order valence-corrected chi connectivity index (χ1v) is 8.63. The molecular formula is C16H24N2O2S. The average molecular weight is 308 g/mol. The van der Waals surface area contributed by atoms with Crippen LogP contribution in [0.2, 0.25) is 0 Å². The molecule has 2 N–H and O–H groups in total. The van der Waals surface area contributed by atoms with Crippen LogP contribution in [-0.2, 0) is 4.79 Å². The van der Waals surface area contributed by atoms with Gasteiger partial charge in [-0.15, -0.1) is 0 Å². The molecule has 0 aliphatic carbocycles. The number of carbonyl (C=O) groups excluding carboxylic acids is 1. The van der Waals surface area contributed by atoms with Gasteiger partial charge in [0.05, 0.1) is 13.2 Å². The number of ether oxygens (including phenoxy) is 1. The van der Waals surface area contributed by atoms with E-state index in [1.54, 1.807) is 7.11 Å². The summed E-state index contributed by atoms with van der Waals surface area (Å²) in [4.78, 5) is 12.3. The molecule has 1 saturated heterocycles. The number of nitrogens with one attached hydrogen (secondary N) is 2. The van der Waals surface area contributed by atoms with Crippen LogP contribution < -0.4 is 15.4 Å². The minimum Gasteiger partial charge on any atom is -0.496 e. The number of benzene rings is 1. The van der Waals surface area contributed by atoms with Gasteiger partial charge >= 0.3 is 0 Å². The van der Waals surface area contributed by atoms with Crippen molar-refractivity contribution in [1.82, 2.24) is 10.6 Å². The molecule has 0 spiro atoms. The molecule has 1 amide bonds. The van der Waals surface area contributed by atoms with Crippen molar-refractivity contribution in [3.63, 3.8) is 0 Å². The van der Waals surface area contributed by atoms with Crippen LogP contribution in [0.15, 0.2) is 24.3 Å². The highest BCUT2D eigenvalue weighted by molar-refractivity contribution is 7.99. The Labute approximate surface area is 131 Å². The van der Waals surface area contributed by atoms with Crippen LogP contribution >= 0.6 is 11.8 Å². The summed E-state index contributed by atoms with van der Waals surface area (Å²) in [6.45, 7) is 3.07. The van der Waals surface area contributed by atoms with E-state index < -0.39 is 0 Å². The fourth-order valence-electron chi connectivity index (χ4n) is 2.58. The van der Waals surface area contributed by atoms with E-state index in [0.717, 1.165) is 35.8 Å². The number of carbonyl (C=O) groups is 1. The quantitative estimate of drug-likeness (QED) is 0.847. The number of hydrogen-bond donors (Lipinski definition) is 2. The van der Waals surface area contributed by atoms with Gasteiger partial charge in [-0.1, -0.05) is 25.1 Å². The zero-order chi connectivity index (χ0) is 15.1. The Morgan fingerprint density at radius 3 is 3.00 bits per heavy atom. The molecule has 116 valence electrons. The lowest BCUT2D eigenvalue weighted by Crippen LogP contribution is -2.42. The van der Waals surface area contributed by atoms with E-state index in [9.17, 15) is 4.79 Å². The number of methoxy groups -OCH3 is 1. The van der Waals surface area contributed by atoms with Crippen LogP contribution in [0.25, 0.3) is 0 Å². The van der Waals surface area contributed by atoms with Crippen molar-refractivity contribution in [1.29, 1.82) is 0 Å². The van der Waals surface area contributed by atoms with E-state index in [0.29, 0.717) is 12.5 Å². The Balaban J connectivity index is 1.96. The second-order valence-corrected chi connectivity index (χ2v) is 6.35. The predicted molar refractivity (Wildman–Crippen MR) is 87.9 cm³/mol. The largest absolute Gasteiger partial charge is 0.496 e. The number of rotatable bonds is 6. The van der Waals surface area contributed by atoms with E-state index in [-0.39, 0.29) is 11.9 Å². The first kappa shape index (κ1) is 16.2. The summed E-state index contributed by atoms with van der Waals surface area (Å²) in [6, 6.07) is 8.17. The van der Waals surface area contributed by atoms with E-state index >= 15 is 0 Å². The van der Waals surface area contributed by atoms with Crippen LogP contribution in [0.4, 0.5) is 0 Å². The molecule has 0 aromatic heterocycles. The first-order chi connectivity index (χ1) is 10.2. The summed E-state index contributed by atoms with van der Waals surface area (Å²) < 4.78 is 5.39. The summed E-state index contributed by atoms with van der Waals surface area (Å²) in [7, 11) is 1.66. The van der Waals surface area contributed by atoms with Gasteiger partial charge in [-0.05, 0) is 12.5 Å². The lowest BCUT2D eigenvalue weighted by Gasteiger charge is -2.24. The number of amides is 1. The van der Waals surface area contributed by atoms with E-state index in [2.05, 4.69) is 17.6 Å².